The molecule has 2 aromatic rings. The number of β-amino-alcohol motifs (C(OH)–C–C–N with tert-alkyl or cyclic N) is 1. The second-order valence-electron chi connectivity index (χ2n) is 10.9. The number of nitrogens with one attached hydrogen (secondary N) is 1. The van der Waals surface area contributed by atoms with Crippen molar-refractivity contribution in [2.24, 2.45) is 11.3 Å². The van der Waals surface area contributed by atoms with Gasteiger partial charge in [-0.2, -0.15) is 0 Å². The molecule has 2 aromatic heterocycles. The average Bonchev–Trinajstić information content (AvgIpc) is 3.20. The van der Waals surface area contributed by atoms with E-state index in [0.29, 0.717) is 18.4 Å². The fraction of sp³-hybridized carbons (Fsp3) is 0.538. The molecule has 3 N–H and O–H groups in total. The molecule has 2 fully saturated rings. The number of pyridine rings is 1. The number of nitrogens with zero attached hydrogens (tertiary/aromatic N) is 4. The Morgan fingerprint density at radius 2 is 2.03 bits per heavy atom. The molecular formula is C26H35N5O3. The monoisotopic (exact) mass is 465 g/mol. The molecule has 8 heteroatoms. The van der Waals surface area contributed by atoms with Crippen molar-refractivity contribution in [3.8, 4) is 0 Å². The van der Waals surface area contributed by atoms with Crippen LogP contribution in [0.5, 0.6) is 0 Å². The topological polar surface area (TPSA) is 93.9 Å². The zero-order chi connectivity index (χ0) is 23.9. The van der Waals surface area contributed by atoms with Crippen LogP contribution >= 0.6 is 0 Å². The highest BCUT2D eigenvalue weighted by Gasteiger charge is 2.45. The summed E-state index contributed by atoms with van der Waals surface area (Å²) in [7, 11) is 0. The summed E-state index contributed by atoms with van der Waals surface area (Å²) in [5, 5.41) is 20.1. The van der Waals surface area contributed by atoms with E-state index >= 15 is 0 Å². The van der Waals surface area contributed by atoms with E-state index in [2.05, 4.69) is 43.8 Å². The Bertz CT molecular complexity index is 1110. The van der Waals surface area contributed by atoms with Gasteiger partial charge in [0.25, 0.3) is 5.91 Å². The van der Waals surface area contributed by atoms with E-state index in [1.165, 1.54) is 23.9 Å². The van der Waals surface area contributed by atoms with E-state index in [4.69, 9.17) is 5.21 Å². The Morgan fingerprint density at radius 1 is 1.26 bits per heavy atom. The maximum absolute atomic E-state index is 11.6. The summed E-state index contributed by atoms with van der Waals surface area (Å²) in [6.07, 6.45) is 12.8. The summed E-state index contributed by atoms with van der Waals surface area (Å²) in [5.41, 5.74) is 4.86. The van der Waals surface area contributed by atoms with Crippen LogP contribution < -0.4 is 10.4 Å². The lowest BCUT2D eigenvalue weighted by Crippen LogP contribution is -2.62. The molecule has 0 saturated carbocycles. The lowest BCUT2D eigenvalue weighted by Gasteiger charge is -2.55. The van der Waals surface area contributed by atoms with Gasteiger partial charge in [-0.25, -0.2) is 10.5 Å². The molecule has 1 unspecified atom stereocenters. The lowest BCUT2D eigenvalue weighted by molar-refractivity contribution is -0.131. The van der Waals surface area contributed by atoms with E-state index in [-0.39, 0.29) is 11.8 Å². The largest absolute Gasteiger partial charge is 0.389 e. The van der Waals surface area contributed by atoms with E-state index < -0.39 is 5.60 Å². The number of hydrogen-bond acceptors (Lipinski definition) is 6. The summed E-state index contributed by atoms with van der Waals surface area (Å²) in [4.78, 5) is 21.2. The Kier molecular flexibility index (Phi) is 6.00. The molecule has 1 aliphatic carbocycles. The van der Waals surface area contributed by atoms with Crippen LogP contribution in [-0.2, 0) is 11.3 Å². The number of fused-ring (bicyclic) bond motifs is 1. The van der Waals surface area contributed by atoms with Gasteiger partial charge in [-0.3, -0.25) is 14.9 Å². The first-order chi connectivity index (χ1) is 16.3. The van der Waals surface area contributed by atoms with Crippen LogP contribution in [0.15, 0.2) is 48.3 Å². The molecule has 1 atom stereocenters. The van der Waals surface area contributed by atoms with Gasteiger partial charge >= 0.3 is 0 Å². The Hall–Kier alpha value is -2.68. The molecule has 1 amide bonds. The van der Waals surface area contributed by atoms with Crippen molar-refractivity contribution in [1.29, 1.82) is 0 Å². The number of carbonyl (C=O) groups is 1. The van der Waals surface area contributed by atoms with Crippen molar-refractivity contribution in [2.75, 3.05) is 37.6 Å². The van der Waals surface area contributed by atoms with Crippen LogP contribution in [0.25, 0.3) is 11.0 Å². The molecule has 0 bridgehead atoms. The standard InChI is InChI=1S/C26H35N5O3/c1-25(2,33)16-29-17-26(18-29)9-13-30(14-10-26)22-7-11-27-23-21(22)8-12-31(23)15-19-3-5-20(6-4-19)24(32)28-34/h3-5,7-8,11-12,20,33-34H,6,9-10,13-18H2,1-2H3,(H,28,32). The van der Waals surface area contributed by atoms with Gasteiger partial charge in [0.1, 0.15) is 5.65 Å². The number of hydroxylamine groups is 1. The molecule has 8 nitrogen and oxygen atoms in total. The van der Waals surface area contributed by atoms with E-state index in [9.17, 15) is 9.90 Å². The van der Waals surface area contributed by atoms with Crippen molar-refractivity contribution >= 4 is 22.6 Å². The zero-order valence-corrected chi connectivity index (χ0v) is 20.1. The number of aromatic nitrogens is 2. The number of carbonyl (C=O) groups excluding carboxylic acids is 1. The summed E-state index contributed by atoms with van der Waals surface area (Å²) >= 11 is 0. The van der Waals surface area contributed by atoms with Crippen molar-refractivity contribution in [3.63, 3.8) is 0 Å². The van der Waals surface area contributed by atoms with Gasteiger partial charge in [0, 0.05) is 62.7 Å². The number of amides is 1. The molecule has 1 spiro atoms. The summed E-state index contributed by atoms with van der Waals surface area (Å²) < 4.78 is 2.16. The minimum Gasteiger partial charge on any atom is -0.389 e. The lowest BCUT2D eigenvalue weighted by atomic mass is 9.71. The van der Waals surface area contributed by atoms with Gasteiger partial charge in [0.05, 0.1) is 11.5 Å². The first-order valence-corrected chi connectivity index (χ1v) is 12.2. The van der Waals surface area contributed by atoms with Gasteiger partial charge in [0.15, 0.2) is 0 Å². The predicted octanol–water partition coefficient (Wildman–Crippen LogP) is 2.72. The fourth-order valence-electron chi connectivity index (χ4n) is 5.84. The molecule has 0 aromatic carbocycles. The first kappa shape index (κ1) is 23.1. The second-order valence-corrected chi connectivity index (χ2v) is 10.9. The molecule has 0 radical (unpaired) electrons. The van der Waals surface area contributed by atoms with Crippen molar-refractivity contribution in [1.82, 2.24) is 19.9 Å². The SMILES string of the molecule is CC(C)(O)CN1CC2(CCN(c3ccnc4c3ccn4CC3=CCC(C(=O)NO)C=C3)CC2)C1. The highest BCUT2D eigenvalue weighted by atomic mass is 16.5. The number of rotatable bonds is 6. The molecule has 5 rings (SSSR count). The van der Waals surface area contributed by atoms with Gasteiger partial charge in [-0.1, -0.05) is 18.2 Å². The smallest absolute Gasteiger partial charge is 0.250 e. The first-order valence-electron chi connectivity index (χ1n) is 12.2. The van der Waals surface area contributed by atoms with Gasteiger partial charge in [-0.05, 0) is 56.2 Å². The van der Waals surface area contributed by atoms with Crippen LogP contribution in [0, 0.1) is 11.3 Å². The van der Waals surface area contributed by atoms with Crippen molar-refractivity contribution in [3.05, 3.63) is 48.3 Å². The molecule has 182 valence electrons. The van der Waals surface area contributed by atoms with Crippen LogP contribution in [-0.4, -0.2) is 69.0 Å². The summed E-state index contributed by atoms with van der Waals surface area (Å²) in [5.74, 6) is -0.695. The van der Waals surface area contributed by atoms with Gasteiger partial charge < -0.3 is 14.6 Å². The third-order valence-electron chi connectivity index (χ3n) is 7.51. The third-order valence-corrected chi connectivity index (χ3v) is 7.51. The van der Waals surface area contributed by atoms with Crippen LogP contribution in [0.1, 0.15) is 33.1 Å². The van der Waals surface area contributed by atoms with Crippen molar-refractivity contribution < 1.29 is 15.1 Å². The number of piperidine rings is 1. The Balaban J connectivity index is 1.23. The maximum Gasteiger partial charge on any atom is 0.250 e. The second kappa shape index (κ2) is 8.83. The fourth-order valence-corrected chi connectivity index (χ4v) is 5.84. The molecule has 3 aliphatic rings. The molecule has 34 heavy (non-hydrogen) atoms. The number of allylic oxidation sites excluding steroid dienone is 3. The van der Waals surface area contributed by atoms with E-state index in [0.717, 1.165) is 43.9 Å². The van der Waals surface area contributed by atoms with Crippen LogP contribution in [0.3, 0.4) is 0 Å². The van der Waals surface area contributed by atoms with E-state index in [1.807, 2.05) is 32.2 Å². The Morgan fingerprint density at radius 3 is 2.68 bits per heavy atom. The summed E-state index contributed by atoms with van der Waals surface area (Å²) in [6.45, 7) is 9.49. The number of anilines is 1. The molecule has 4 heterocycles. The third kappa shape index (κ3) is 4.62. The molecule has 2 aliphatic heterocycles. The average molecular weight is 466 g/mol. The Labute approximate surface area is 200 Å². The van der Waals surface area contributed by atoms with Gasteiger partial charge in [-0.15, -0.1) is 0 Å². The van der Waals surface area contributed by atoms with Gasteiger partial charge in [0.2, 0.25) is 0 Å². The maximum atomic E-state index is 11.6. The number of hydrogen-bond donors (Lipinski definition) is 3. The zero-order valence-electron chi connectivity index (χ0n) is 20.1. The minimum atomic E-state index is -0.628. The highest BCUT2D eigenvalue weighted by Crippen LogP contribution is 2.42. The summed E-state index contributed by atoms with van der Waals surface area (Å²) in [6, 6.07) is 4.29. The normalized spacial score (nSPS) is 22.6. The van der Waals surface area contributed by atoms with Crippen LogP contribution in [0.4, 0.5) is 5.69 Å². The van der Waals surface area contributed by atoms with Crippen LogP contribution in [0.2, 0.25) is 0 Å². The predicted molar refractivity (Wildman–Crippen MR) is 132 cm³/mol. The molecule has 2 saturated heterocycles. The number of aliphatic hydroxyl groups is 1. The quantitative estimate of drug-likeness (QED) is 0.449. The number of likely N-dealkylation sites (tertiary alicyclic amines) is 1. The minimum absolute atomic E-state index is 0.319. The van der Waals surface area contributed by atoms with Crippen molar-refractivity contribution in [2.45, 2.75) is 45.3 Å². The molecular weight excluding hydrogens is 430 g/mol. The highest BCUT2D eigenvalue weighted by molar-refractivity contribution is 5.90. The van der Waals surface area contributed by atoms with E-state index in [1.54, 1.807) is 5.48 Å².